The second-order valence-corrected chi connectivity index (χ2v) is 3.58. The molecule has 0 aromatic rings. The first kappa shape index (κ1) is 8.02. The van der Waals surface area contributed by atoms with E-state index in [1.54, 1.807) is 0 Å². The Bertz CT molecular complexity index is 154. The summed E-state index contributed by atoms with van der Waals surface area (Å²) in [7, 11) is 0. The highest BCUT2D eigenvalue weighted by molar-refractivity contribution is 6.64. The van der Waals surface area contributed by atoms with E-state index in [2.05, 4.69) is 0 Å². The van der Waals surface area contributed by atoms with E-state index < -0.39 is 0 Å². The third-order valence-corrected chi connectivity index (χ3v) is 1.97. The summed E-state index contributed by atoms with van der Waals surface area (Å²) in [6, 6.07) is 0. The summed E-state index contributed by atoms with van der Waals surface area (Å²) < 4.78 is 5.33. The summed E-state index contributed by atoms with van der Waals surface area (Å²) in [5.41, 5.74) is -0.158. The molecular weight excluding hydrogens is 152 g/mol. The van der Waals surface area contributed by atoms with Crippen molar-refractivity contribution in [3.05, 3.63) is 0 Å². The molecule has 1 atom stereocenters. The van der Waals surface area contributed by atoms with Crippen LogP contribution in [-0.2, 0) is 9.53 Å². The first-order valence-electron chi connectivity index (χ1n) is 3.38. The zero-order valence-electron chi connectivity index (χ0n) is 6.19. The predicted octanol–water partition coefficient (Wildman–Crippen LogP) is 1.71. The summed E-state index contributed by atoms with van der Waals surface area (Å²) in [5.74, 6) is 0. The summed E-state index contributed by atoms with van der Waals surface area (Å²) >= 11 is 5.25. The summed E-state index contributed by atoms with van der Waals surface area (Å²) in [6.07, 6.45) is 1.31. The van der Waals surface area contributed by atoms with Crippen LogP contribution in [0.5, 0.6) is 0 Å². The molecule has 0 aromatic heterocycles. The Hall–Kier alpha value is -0.0800. The zero-order chi connectivity index (χ0) is 7.78. The van der Waals surface area contributed by atoms with E-state index in [1.165, 1.54) is 0 Å². The maximum Gasteiger partial charge on any atom is 0.250 e. The molecule has 1 saturated heterocycles. The zero-order valence-corrected chi connectivity index (χ0v) is 6.94. The molecule has 1 aliphatic rings. The number of hydrogen-bond donors (Lipinski definition) is 0. The molecule has 0 aliphatic carbocycles. The molecule has 1 aliphatic heterocycles. The van der Waals surface area contributed by atoms with Crippen molar-refractivity contribution in [2.45, 2.75) is 38.4 Å². The molecule has 1 unspecified atom stereocenters. The van der Waals surface area contributed by atoms with Gasteiger partial charge in [0.1, 0.15) is 6.10 Å². The molecule has 1 rings (SSSR count). The average molecular weight is 163 g/mol. The first-order valence-corrected chi connectivity index (χ1v) is 3.76. The van der Waals surface area contributed by atoms with Crippen molar-refractivity contribution in [3.63, 3.8) is 0 Å². The predicted molar refractivity (Wildman–Crippen MR) is 39.0 cm³/mol. The minimum atomic E-state index is -0.370. The van der Waals surface area contributed by atoms with Gasteiger partial charge in [0.05, 0.1) is 5.60 Å². The van der Waals surface area contributed by atoms with Crippen molar-refractivity contribution in [1.82, 2.24) is 0 Å². The van der Waals surface area contributed by atoms with E-state index in [9.17, 15) is 4.79 Å². The number of carbonyl (C=O) groups excluding carboxylic acids is 1. The van der Waals surface area contributed by atoms with Crippen molar-refractivity contribution in [1.29, 1.82) is 0 Å². The van der Waals surface area contributed by atoms with E-state index >= 15 is 0 Å². The van der Waals surface area contributed by atoms with Crippen LogP contribution in [0.15, 0.2) is 0 Å². The van der Waals surface area contributed by atoms with Crippen molar-refractivity contribution >= 4 is 16.8 Å². The van der Waals surface area contributed by atoms with Crippen LogP contribution in [0, 0.1) is 0 Å². The van der Waals surface area contributed by atoms with E-state index in [0.717, 1.165) is 12.8 Å². The lowest BCUT2D eigenvalue weighted by Crippen LogP contribution is -2.22. The van der Waals surface area contributed by atoms with Gasteiger partial charge in [-0.2, -0.15) is 0 Å². The second-order valence-electron chi connectivity index (χ2n) is 3.21. The molecule has 0 spiro atoms. The maximum atomic E-state index is 10.6. The third-order valence-electron chi connectivity index (χ3n) is 1.72. The van der Waals surface area contributed by atoms with E-state index in [4.69, 9.17) is 16.3 Å². The van der Waals surface area contributed by atoms with Crippen LogP contribution in [0.2, 0.25) is 0 Å². The molecule has 58 valence electrons. The van der Waals surface area contributed by atoms with Crippen LogP contribution in [0.4, 0.5) is 0 Å². The van der Waals surface area contributed by atoms with Crippen molar-refractivity contribution < 1.29 is 9.53 Å². The second kappa shape index (κ2) is 2.51. The van der Waals surface area contributed by atoms with Gasteiger partial charge in [-0.3, -0.25) is 4.79 Å². The molecule has 0 bridgehead atoms. The Kier molecular flexibility index (Phi) is 2.02. The van der Waals surface area contributed by atoms with E-state index in [-0.39, 0.29) is 16.9 Å². The standard InChI is InChI=1S/C7H11ClO2/c1-7(2)4-3-5(10-7)6(8)9/h5H,3-4H2,1-2H3. The monoisotopic (exact) mass is 162 g/mol. The summed E-state index contributed by atoms with van der Waals surface area (Å²) in [6.45, 7) is 3.93. The fraction of sp³-hybridized carbons (Fsp3) is 0.857. The van der Waals surface area contributed by atoms with Gasteiger partial charge in [-0.15, -0.1) is 0 Å². The number of carbonyl (C=O) groups is 1. The molecule has 0 saturated carbocycles. The van der Waals surface area contributed by atoms with Crippen LogP contribution in [0.3, 0.4) is 0 Å². The fourth-order valence-corrected chi connectivity index (χ4v) is 1.30. The normalized spacial score (nSPS) is 30.5. The van der Waals surface area contributed by atoms with Crippen molar-refractivity contribution in [2.75, 3.05) is 0 Å². The smallest absolute Gasteiger partial charge is 0.250 e. The highest BCUT2D eigenvalue weighted by Crippen LogP contribution is 2.30. The molecule has 1 fully saturated rings. The number of halogens is 1. The lowest BCUT2D eigenvalue weighted by atomic mass is 10.1. The largest absolute Gasteiger partial charge is 0.363 e. The van der Waals surface area contributed by atoms with Gasteiger partial charge in [0, 0.05) is 0 Å². The van der Waals surface area contributed by atoms with E-state index in [1.807, 2.05) is 13.8 Å². The van der Waals surface area contributed by atoms with Gasteiger partial charge < -0.3 is 4.74 Å². The fourth-order valence-electron chi connectivity index (χ4n) is 1.14. The van der Waals surface area contributed by atoms with Gasteiger partial charge in [-0.25, -0.2) is 0 Å². The SMILES string of the molecule is CC1(C)CCC(C(=O)Cl)O1. The number of ether oxygens (including phenoxy) is 1. The van der Waals surface area contributed by atoms with Gasteiger partial charge >= 0.3 is 0 Å². The average Bonchev–Trinajstić information content (AvgIpc) is 2.10. The van der Waals surface area contributed by atoms with Crippen LogP contribution in [0.25, 0.3) is 0 Å². The molecule has 0 N–H and O–H groups in total. The Balaban J connectivity index is 2.51. The lowest BCUT2D eigenvalue weighted by Gasteiger charge is -2.16. The maximum absolute atomic E-state index is 10.6. The minimum Gasteiger partial charge on any atom is -0.363 e. The van der Waals surface area contributed by atoms with E-state index in [0.29, 0.717) is 0 Å². The van der Waals surface area contributed by atoms with Gasteiger partial charge in [0.15, 0.2) is 0 Å². The summed E-state index contributed by atoms with van der Waals surface area (Å²) in [5, 5.41) is -0.370. The molecular formula is C7H11ClO2. The van der Waals surface area contributed by atoms with Gasteiger partial charge in [-0.1, -0.05) is 0 Å². The number of hydrogen-bond acceptors (Lipinski definition) is 2. The quantitative estimate of drug-likeness (QED) is 0.549. The minimum absolute atomic E-state index is 0.158. The topological polar surface area (TPSA) is 26.3 Å². The molecule has 10 heavy (non-hydrogen) atoms. The van der Waals surface area contributed by atoms with Gasteiger partial charge in [0.2, 0.25) is 0 Å². The Labute approximate surface area is 65.5 Å². The Morgan fingerprint density at radius 1 is 1.70 bits per heavy atom. The van der Waals surface area contributed by atoms with Crippen LogP contribution < -0.4 is 0 Å². The molecule has 0 radical (unpaired) electrons. The van der Waals surface area contributed by atoms with Gasteiger partial charge in [-0.05, 0) is 38.3 Å². The highest BCUT2D eigenvalue weighted by atomic mass is 35.5. The lowest BCUT2D eigenvalue weighted by molar-refractivity contribution is -0.124. The first-order chi connectivity index (χ1) is 4.51. The van der Waals surface area contributed by atoms with Crippen LogP contribution in [-0.4, -0.2) is 16.9 Å². The Morgan fingerprint density at radius 3 is 2.50 bits per heavy atom. The molecule has 3 heteroatoms. The van der Waals surface area contributed by atoms with Crippen LogP contribution in [0.1, 0.15) is 26.7 Å². The van der Waals surface area contributed by atoms with Crippen molar-refractivity contribution in [2.24, 2.45) is 0 Å². The summed E-state index contributed by atoms with van der Waals surface area (Å²) in [4.78, 5) is 10.6. The molecule has 0 aromatic carbocycles. The van der Waals surface area contributed by atoms with Gasteiger partial charge in [0.25, 0.3) is 5.24 Å². The number of rotatable bonds is 1. The van der Waals surface area contributed by atoms with Crippen molar-refractivity contribution in [3.8, 4) is 0 Å². The molecule has 1 heterocycles. The Morgan fingerprint density at radius 2 is 2.30 bits per heavy atom. The van der Waals surface area contributed by atoms with Crippen LogP contribution >= 0.6 is 11.6 Å². The third kappa shape index (κ3) is 1.70. The molecule has 0 amide bonds. The highest BCUT2D eigenvalue weighted by Gasteiger charge is 2.34. The molecule has 2 nitrogen and oxygen atoms in total.